The van der Waals surface area contributed by atoms with Crippen LogP contribution in [0, 0.1) is 0 Å². The minimum absolute atomic E-state index is 0.271. The van der Waals surface area contributed by atoms with Crippen molar-refractivity contribution in [2.45, 2.75) is 17.4 Å². The molecular formula is C17H18N2S2. The minimum Gasteiger partial charge on any atom is -0.271 e. The number of rotatable bonds is 6. The Morgan fingerprint density at radius 2 is 1.81 bits per heavy atom. The van der Waals surface area contributed by atoms with Gasteiger partial charge in [-0.3, -0.25) is 11.3 Å². The first-order valence-corrected chi connectivity index (χ1v) is 8.82. The SMILES string of the molecule is NNC(CSc1ccccc1)Cc1csc2ccccc12. The highest BCUT2D eigenvalue weighted by molar-refractivity contribution is 7.99. The summed E-state index contributed by atoms with van der Waals surface area (Å²) in [7, 11) is 0. The van der Waals surface area contributed by atoms with Gasteiger partial charge in [0.1, 0.15) is 0 Å². The molecule has 1 unspecified atom stereocenters. The number of hydrogen-bond acceptors (Lipinski definition) is 4. The van der Waals surface area contributed by atoms with Gasteiger partial charge in [0.15, 0.2) is 0 Å². The number of thioether (sulfide) groups is 1. The first-order chi connectivity index (χ1) is 10.4. The lowest BCUT2D eigenvalue weighted by Gasteiger charge is -2.15. The van der Waals surface area contributed by atoms with Gasteiger partial charge in [0.2, 0.25) is 0 Å². The fraction of sp³-hybridized carbons (Fsp3) is 0.176. The van der Waals surface area contributed by atoms with Crippen molar-refractivity contribution >= 4 is 33.2 Å². The Morgan fingerprint density at radius 1 is 1.05 bits per heavy atom. The zero-order chi connectivity index (χ0) is 14.5. The van der Waals surface area contributed by atoms with Crippen LogP contribution in [0.5, 0.6) is 0 Å². The maximum Gasteiger partial charge on any atom is 0.0345 e. The number of hydrazine groups is 1. The van der Waals surface area contributed by atoms with E-state index in [1.807, 2.05) is 17.8 Å². The molecule has 0 radical (unpaired) electrons. The van der Waals surface area contributed by atoms with Crippen LogP contribution in [0.25, 0.3) is 10.1 Å². The molecule has 3 N–H and O–H groups in total. The lowest BCUT2D eigenvalue weighted by molar-refractivity contribution is 0.577. The molecule has 4 heteroatoms. The van der Waals surface area contributed by atoms with Crippen molar-refractivity contribution in [1.29, 1.82) is 0 Å². The Balaban J connectivity index is 1.67. The predicted molar refractivity (Wildman–Crippen MR) is 93.8 cm³/mol. The van der Waals surface area contributed by atoms with E-state index in [0.717, 1.165) is 12.2 Å². The number of nitrogens with two attached hydrogens (primary N) is 1. The van der Waals surface area contributed by atoms with Crippen molar-refractivity contribution in [3.8, 4) is 0 Å². The second-order valence-corrected chi connectivity index (χ2v) is 6.95. The molecule has 0 spiro atoms. The topological polar surface area (TPSA) is 38.0 Å². The second-order valence-electron chi connectivity index (χ2n) is 4.95. The van der Waals surface area contributed by atoms with Gasteiger partial charge in [0, 0.05) is 21.4 Å². The Kier molecular flexibility index (Phi) is 4.93. The summed E-state index contributed by atoms with van der Waals surface area (Å²) in [6.07, 6.45) is 0.959. The first-order valence-electron chi connectivity index (χ1n) is 6.96. The van der Waals surface area contributed by atoms with Gasteiger partial charge in [-0.05, 0) is 40.9 Å². The molecule has 1 aromatic heterocycles. The van der Waals surface area contributed by atoms with E-state index in [1.54, 1.807) is 11.3 Å². The maximum atomic E-state index is 5.74. The van der Waals surface area contributed by atoms with E-state index in [4.69, 9.17) is 5.84 Å². The number of thiophene rings is 1. The van der Waals surface area contributed by atoms with Crippen LogP contribution < -0.4 is 11.3 Å². The molecule has 0 saturated carbocycles. The van der Waals surface area contributed by atoms with Crippen molar-refractivity contribution < 1.29 is 0 Å². The molecule has 0 aliphatic carbocycles. The van der Waals surface area contributed by atoms with Crippen molar-refractivity contribution in [3.63, 3.8) is 0 Å². The fourth-order valence-corrected chi connectivity index (χ4v) is 4.27. The minimum atomic E-state index is 0.271. The molecule has 2 nitrogen and oxygen atoms in total. The quantitative estimate of drug-likeness (QED) is 0.409. The Bertz CT molecular complexity index is 694. The van der Waals surface area contributed by atoms with Crippen molar-refractivity contribution in [2.75, 3.05) is 5.75 Å². The van der Waals surface area contributed by atoms with Gasteiger partial charge in [-0.15, -0.1) is 23.1 Å². The molecular weight excluding hydrogens is 296 g/mol. The van der Waals surface area contributed by atoms with Crippen LogP contribution in [0.3, 0.4) is 0 Å². The Morgan fingerprint density at radius 3 is 2.62 bits per heavy atom. The zero-order valence-corrected chi connectivity index (χ0v) is 13.3. The molecule has 0 aliphatic heterocycles. The highest BCUT2D eigenvalue weighted by atomic mass is 32.2. The van der Waals surface area contributed by atoms with Gasteiger partial charge in [-0.2, -0.15) is 0 Å². The van der Waals surface area contributed by atoms with E-state index in [2.05, 4.69) is 59.3 Å². The molecule has 108 valence electrons. The van der Waals surface area contributed by atoms with Gasteiger partial charge in [0.25, 0.3) is 0 Å². The summed E-state index contributed by atoms with van der Waals surface area (Å²) in [5.74, 6) is 6.70. The van der Waals surface area contributed by atoms with Gasteiger partial charge in [-0.25, -0.2) is 0 Å². The van der Waals surface area contributed by atoms with Crippen LogP contribution in [-0.2, 0) is 6.42 Å². The molecule has 0 saturated heterocycles. The summed E-state index contributed by atoms with van der Waals surface area (Å²) in [5.41, 5.74) is 4.34. The van der Waals surface area contributed by atoms with Crippen LogP contribution in [0.1, 0.15) is 5.56 Å². The summed E-state index contributed by atoms with van der Waals surface area (Å²) < 4.78 is 1.35. The van der Waals surface area contributed by atoms with E-state index < -0.39 is 0 Å². The molecule has 0 aliphatic rings. The lowest BCUT2D eigenvalue weighted by Crippen LogP contribution is -2.38. The highest BCUT2D eigenvalue weighted by Crippen LogP contribution is 2.27. The third kappa shape index (κ3) is 3.66. The first kappa shape index (κ1) is 14.6. The van der Waals surface area contributed by atoms with Gasteiger partial charge in [-0.1, -0.05) is 36.4 Å². The molecule has 3 aromatic rings. The van der Waals surface area contributed by atoms with E-state index >= 15 is 0 Å². The standard InChI is InChI=1S/C17H18N2S2/c18-19-14(12-20-15-6-2-1-3-7-15)10-13-11-21-17-9-5-4-8-16(13)17/h1-9,11,14,19H,10,12,18H2. The third-order valence-electron chi connectivity index (χ3n) is 3.46. The molecule has 1 atom stereocenters. The number of fused-ring (bicyclic) bond motifs is 1. The lowest BCUT2D eigenvalue weighted by atomic mass is 10.1. The maximum absolute atomic E-state index is 5.74. The summed E-state index contributed by atoms with van der Waals surface area (Å²) in [5, 5.41) is 3.61. The molecule has 1 heterocycles. The smallest absolute Gasteiger partial charge is 0.0345 e. The van der Waals surface area contributed by atoms with Crippen molar-refractivity contribution in [2.24, 2.45) is 5.84 Å². The van der Waals surface area contributed by atoms with Gasteiger partial charge < -0.3 is 0 Å². The number of benzene rings is 2. The Labute approximate surface area is 133 Å². The summed E-state index contributed by atoms with van der Waals surface area (Å²) in [4.78, 5) is 1.29. The van der Waals surface area contributed by atoms with Crippen LogP contribution in [0.4, 0.5) is 0 Å². The molecule has 21 heavy (non-hydrogen) atoms. The fourth-order valence-electron chi connectivity index (χ4n) is 2.34. The monoisotopic (exact) mass is 314 g/mol. The molecule has 0 fully saturated rings. The second kappa shape index (κ2) is 7.09. The molecule has 2 aromatic carbocycles. The number of nitrogens with one attached hydrogen (secondary N) is 1. The van der Waals surface area contributed by atoms with Crippen LogP contribution in [0.2, 0.25) is 0 Å². The van der Waals surface area contributed by atoms with Crippen LogP contribution in [-0.4, -0.2) is 11.8 Å². The van der Waals surface area contributed by atoms with Crippen LogP contribution in [0.15, 0.2) is 64.9 Å². The predicted octanol–water partition coefficient (Wildman–Crippen LogP) is 4.07. The van der Waals surface area contributed by atoms with E-state index in [0.29, 0.717) is 0 Å². The third-order valence-corrected chi connectivity index (χ3v) is 5.64. The Hall–Kier alpha value is -1.33. The van der Waals surface area contributed by atoms with E-state index in [9.17, 15) is 0 Å². The van der Waals surface area contributed by atoms with Crippen LogP contribution >= 0.6 is 23.1 Å². The molecule has 3 rings (SSSR count). The van der Waals surface area contributed by atoms with E-state index in [1.165, 1.54) is 20.5 Å². The average Bonchev–Trinajstić information content (AvgIpc) is 2.95. The van der Waals surface area contributed by atoms with Gasteiger partial charge in [0.05, 0.1) is 0 Å². The zero-order valence-electron chi connectivity index (χ0n) is 11.7. The number of hydrogen-bond donors (Lipinski definition) is 2. The summed E-state index contributed by atoms with van der Waals surface area (Å²) in [6, 6.07) is 19.3. The normalized spacial score (nSPS) is 12.6. The van der Waals surface area contributed by atoms with Crippen molar-refractivity contribution in [1.82, 2.24) is 5.43 Å². The average molecular weight is 314 g/mol. The molecule has 0 amide bonds. The van der Waals surface area contributed by atoms with Gasteiger partial charge >= 0.3 is 0 Å². The summed E-state index contributed by atoms with van der Waals surface area (Å²) in [6.45, 7) is 0. The van der Waals surface area contributed by atoms with Crippen molar-refractivity contribution in [3.05, 3.63) is 65.5 Å². The highest BCUT2D eigenvalue weighted by Gasteiger charge is 2.11. The summed E-state index contributed by atoms with van der Waals surface area (Å²) >= 11 is 3.65. The van der Waals surface area contributed by atoms with E-state index in [-0.39, 0.29) is 6.04 Å². The molecule has 0 bridgehead atoms. The largest absolute Gasteiger partial charge is 0.271 e.